The summed E-state index contributed by atoms with van der Waals surface area (Å²) in [5.74, 6) is 0.590. The highest BCUT2D eigenvalue weighted by molar-refractivity contribution is 7.98. The molecule has 2 rings (SSSR count). The van der Waals surface area contributed by atoms with Crippen LogP contribution in [0, 0.1) is 10.1 Å². The number of benzene rings is 1. The van der Waals surface area contributed by atoms with Gasteiger partial charge in [0.05, 0.1) is 15.0 Å². The quantitative estimate of drug-likeness (QED) is 0.514. The van der Waals surface area contributed by atoms with Crippen LogP contribution in [0.15, 0.2) is 41.6 Å². The van der Waals surface area contributed by atoms with Crippen LogP contribution in [0.5, 0.6) is 0 Å². The first-order chi connectivity index (χ1) is 9.61. The lowest BCUT2D eigenvalue weighted by atomic mass is 10.1. The molecule has 1 aromatic heterocycles. The molecular formula is C13H12ClN3O2S. The predicted octanol–water partition coefficient (Wildman–Crippen LogP) is 3.98. The highest BCUT2D eigenvalue weighted by atomic mass is 35.5. The Hall–Kier alpha value is -1.79. The fourth-order valence-corrected chi connectivity index (χ4v) is 2.69. The van der Waals surface area contributed by atoms with Gasteiger partial charge in [0.1, 0.15) is 5.69 Å². The van der Waals surface area contributed by atoms with E-state index in [-0.39, 0.29) is 10.6 Å². The normalized spacial score (nSPS) is 10.3. The Morgan fingerprint density at radius 1 is 1.40 bits per heavy atom. The molecule has 7 heteroatoms. The fraction of sp³-hybridized carbons (Fsp3) is 0.154. The van der Waals surface area contributed by atoms with E-state index in [1.165, 1.54) is 17.8 Å². The summed E-state index contributed by atoms with van der Waals surface area (Å²) < 4.78 is 0. The van der Waals surface area contributed by atoms with Crippen LogP contribution in [-0.2, 0) is 5.75 Å². The maximum Gasteiger partial charge on any atom is 0.292 e. The van der Waals surface area contributed by atoms with Crippen LogP contribution < -0.4 is 5.32 Å². The lowest BCUT2D eigenvalue weighted by Crippen LogP contribution is -2.00. The van der Waals surface area contributed by atoms with E-state index in [1.807, 2.05) is 12.1 Å². The molecule has 5 nitrogen and oxygen atoms in total. The van der Waals surface area contributed by atoms with Crippen LogP contribution in [0.25, 0.3) is 0 Å². The number of hydrogen-bond donors (Lipinski definition) is 1. The van der Waals surface area contributed by atoms with Crippen molar-refractivity contribution < 1.29 is 4.92 Å². The number of nitro benzene ring substituents is 1. The van der Waals surface area contributed by atoms with E-state index in [0.29, 0.717) is 16.5 Å². The molecule has 0 atom stereocenters. The van der Waals surface area contributed by atoms with E-state index in [1.54, 1.807) is 25.4 Å². The fourth-order valence-electron chi connectivity index (χ4n) is 1.75. The second-order valence-corrected chi connectivity index (χ2v) is 5.35. The van der Waals surface area contributed by atoms with Crippen LogP contribution in [0.1, 0.15) is 5.56 Å². The van der Waals surface area contributed by atoms with Gasteiger partial charge in [-0.25, -0.2) is 4.98 Å². The number of nitrogens with zero attached hydrogens (tertiary/aromatic N) is 2. The highest BCUT2D eigenvalue weighted by Crippen LogP contribution is 2.32. The van der Waals surface area contributed by atoms with Gasteiger partial charge >= 0.3 is 0 Å². The number of nitrogens with one attached hydrogen (secondary N) is 1. The molecule has 104 valence electrons. The van der Waals surface area contributed by atoms with Gasteiger partial charge in [-0.15, -0.1) is 11.8 Å². The minimum Gasteiger partial charge on any atom is -0.382 e. The first-order valence-corrected chi connectivity index (χ1v) is 7.16. The molecule has 0 amide bonds. The van der Waals surface area contributed by atoms with E-state index in [2.05, 4.69) is 10.3 Å². The molecule has 2 aromatic rings. The maximum absolute atomic E-state index is 11.0. The number of anilines is 1. The van der Waals surface area contributed by atoms with Gasteiger partial charge in [0.25, 0.3) is 5.69 Å². The molecule has 0 radical (unpaired) electrons. The Morgan fingerprint density at radius 2 is 2.20 bits per heavy atom. The molecule has 1 heterocycles. The molecular weight excluding hydrogens is 298 g/mol. The van der Waals surface area contributed by atoms with Gasteiger partial charge in [-0.3, -0.25) is 10.1 Å². The van der Waals surface area contributed by atoms with Gasteiger partial charge in [-0.2, -0.15) is 0 Å². The van der Waals surface area contributed by atoms with Crippen molar-refractivity contribution in [2.24, 2.45) is 0 Å². The summed E-state index contributed by atoms with van der Waals surface area (Å²) in [6.07, 6.45) is 1.58. The Morgan fingerprint density at radius 3 is 2.80 bits per heavy atom. The van der Waals surface area contributed by atoms with E-state index < -0.39 is 0 Å². The van der Waals surface area contributed by atoms with Crippen LogP contribution in [-0.4, -0.2) is 17.0 Å². The first kappa shape index (κ1) is 14.6. The number of thioether (sulfide) groups is 1. The molecule has 0 spiro atoms. The minimum atomic E-state index is -0.388. The minimum absolute atomic E-state index is 0.0784. The lowest BCUT2D eigenvalue weighted by Gasteiger charge is -2.09. The molecule has 0 saturated heterocycles. The standard InChI is InChI=1S/C13H12ClN3O2S/c1-15-13-9(3-2-4-11(13)17(18)19)8-20-12-6-5-10(14)7-16-12/h2-7,15H,8H2,1H3. The molecule has 0 aliphatic rings. The Kier molecular flexibility index (Phi) is 4.81. The smallest absolute Gasteiger partial charge is 0.292 e. The van der Waals surface area contributed by atoms with Crippen LogP contribution in [0.2, 0.25) is 5.02 Å². The van der Waals surface area contributed by atoms with Crippen molar-refractivity contribution >= 4 is 34.7 Å². The largest absolute Gasteiger partial charge is 0.382 e. The van der Waals surface area contributed by atoms with Gasteiger partial charge < -0.3 is 5.32 Å². The van der Waals surface area contributed by atoms with Crippen molar-refractivity contribution in [2.45, 2.75) is 10.8 Å². The SMILES string of the molecule is CNc1c(CSc2ccc(Cl)cn2)cccc1[N+](=O)[O-]. The second kappa shape index (κ2) is 6.58. The van der Waals surface area contributed by atoms with Crippen molar-refractivity contribution in [3.8, 4) is 0 Å². The third kappa shape index (κ3) is 3.40. The number of para-hydroxylation sites is 1. The summed E-state index contributed by atoms with van der Waals surface area (Å²) in [6, 6.07) is 8.62. The van der Waals surface area contributed by atoms with Crippen LogP contribution in [0.4, 0.5) is 11.4 Å². The predicted molar refractivity (Wildman–Crippen MR) is 81.5 cm³/mol. The van der Waals surface area contributed by atoms with Gasteiger partial charge in [0, 0.05) is 25.1 Å². The average molecular weight is 310 g/mol. The molecule has 20 heavy (non-hydrogen) atoms. The van der Waals surface area contributed by atoms with E-state index >= 15 is 0 Å². The number of halogens is 1. The summed E-state index contributed by atoms with van der Waals surface area (Å²) >= 11 is 7.28. The van der Waals surface area contributed by atoms with Crippen molar-refractivity contribution in [1.29, 1.82) is 0 Å². The van der Waals surface area contributed by atoms with Crippen molar-refractivity contribution in [3.05, 3.63) is 57.2 Å². The molecule has 1 aromatic carbocycles. The summed E-state index contributed by atoms with van der Waals surface area (Å²) in [5.41, 5.74) is 1.48. The zero-order valence-electron chi connectivity index (χ0n) is 10.7. The van der Waals surface area contributed by atoms with Crippen molar-refractivity contribution in [2.75, 3.05) is 12.4 Å². The Balaban J connectivity index is 2.19. The third-order valence-corrected chi connectivity index (χ3v) is 3.87. The number of rotatable bonds is 5. The maximum atomic E-state index is 11.0. The molecule has 0 saturated carbocycles. The first-order valence-electron chi connectivity index (χ1n) is 5.80. The number of hydrogen-bond acceptors (Lipinski definition) is 5. The molecule has 0 aliphatic carbocycles. The number of aromatic nitrogens is 1. The van der Waals surface area contributed by atoms with E-state index in [4.69, 9.17) is 11.6 Å². The van der Waals surface area contributed by atoms with Crippen LogP contribution >= 0.6 is 23.4 Å². The summed E-state index contributed by atoms with van der Waals surface area (Å²) in [4.78, 5) is 14.8. The molecule has 1 N–H and O–H groups in total. The molecule has 0 unspecified atom stereocenters. The lowest BCUT2D eigenvalue weighted by molar-refractivity contribution is -0.384. The molecule has 0 aliphatic heterocycles. The molecule has 0 fully saturated rings. The molecule has 0 bridgehead atoms. The summed E-state index contributed by atoms with van der Waals surface area (Å²) in [6.45, 7) is 0. The monoisotopic (exact) mass is 309 g/mol. The number of pyridine rings is 1. The Bertz CT molecular complexity index is 620. The highest BCUT2D eigenvalue weighted by Gasteiger charge is 2.16. The van der Waals surface area contributed by atoms with Gasteiger partial charge in [0.2, 0.25) is 0 Å². The Labute approximate surface area is 125 Å². The zero-order chi connectivity index (χ0) is 14.5. The van der Waals surface area contributed by atoms with Gasteiger partial charge in [-0.05, 0) is 17.7 Å². The van der Waals surface area contributed by atoms with Gasteiger partial charge in [-0.1, -0.05) is 23.7 Å². The second-order valence-electron chi connectivity index (χ2n) is 3.92. The summed E-state index contributed by atoms with van der Waals surface area (Å²) in [7, 11) is 1.68. The average Bonchev–Trinajstić information content (AvgIpc) is 2.46. The van der Waals surface area contributed by atoms with Crippen molar-refractivity contribution in [3.63, 3.8) is 0 Å². The van der Waals surface area contributed by atoms with E-state index in [9.17, 15) is 10.1 Å². The zero-order valence-corrected chi connectivity index (χ0v) is 12.2. The van der Waals surface area contributed by atoms with Crippen LogP contribution in [0.3, 0.4) is 0 Å². The summed E-state index contributed by atoms with van der Waals surface area (Å²) in [5, 5.41) is 15.3. The van der Waals surface area contributed by atoms with Crippen molar-refractivity contribution in [1.82, 2.24) is 4.98 Å². The number of nitro groups is 1. The van der Waals surface area contributed by atoms with E-state index in [0.717, 1.165) is 10.6 Å². The van der Waals surface area contributed by atoms with Gasteiger partial charge in [0.15, 0.2) is 0 Å². The topological polar surface area (TPSA) is 68.1 Å². The third-order valence-electron chi connectivity index (χ3n) is 2.65.